The van der Waals surface area contributed by atoms with Crippen LogP contribution in [0.1, 0.15) is 26.2 Å². The highest BCUT2D eigenvalue weighted by Crippen LogP contribution is 2.15. The number of nitrogens with one attached hydrogen (secondary N) is 1. The van der Waals surface area contributed by atoms with Gasteiger partial charge >= 0.3 is 0 Å². The van der Waals surface area contributed by atoms with E-state index in [1.165, 1.54) is 25.8 Å². The summed E-state index contributed by atoms with van der Waals surface area (Å²) in [5, 5.41) is 3.54. The Morgan fingerprint density at radius 3 is 2.92 bits per heavy atom. The standard InChI is InChI=1S/C11H19N/c1-3-4-7-10(2)11-8-5-6-9-12-11/h3-4,7,10-12H,1,5-6,8-9H2,2H3. The SMILES string of the molecule is C=CC=CC(C)C1CCCCN1. The fourth-order valence-corrected chi connectivity index (χ4v) is 1.72. The van der Waals surface area contributed by atoms with Gasteiger partial charge in [-0.25, -0.2) is 0 Å². The van der Waals surface area contributed by atoms with Gasteiger partial charge in [-0.1, -0.05) is 38.2 Å². The van der Waals surface area contributed by atoms with Crippen LogP contribution in [0.5, 0.6) is 0 Å². The van der Waals surface area contributed by atoms with Crippen LogP contribution in [0.3, 0.4) is 0 Å². The predicted molar refractivity (Wildman–Crippen MR) is 54.1 cm³/mol. The van der Waals surface area contributed by atoms with E-state index < -0.39 is 0 Å². The van der Waals surface area contributed by atoms with E-state index in [1.54, 1.807) is 0 Å². The zero-order valence-electron chi connectivity index (χ0n) is 7.92. The van der Waals surface area contributed by atoms with Crippen LogP contribution in [0, 0.1) is 5.92 Å². The second-order valence-corrected chi connectivity index (χ2v) is 3.54. The first kappa shape index (κ1) is 9.53. The minimum absolute atomic E-state index is 0.642. The van der Waals surface area contributed by atoms with Gasteiger partial charge in [-0.05, 0) is 25.3 Å². The average Bonchev–Trinajstić information content (AvgIpc) is 2.15. The van der Waals surface area contributed by atoms with E-state index in [4.69, 9.17) is 0 Å². The van der Waals surface area contributed by atoms with Crippen molar-refractivity contribution in [3.8, 4) is 0 Å². The second kappa shape index (κ2) is 5.15. The van der Waals surface area contributed by atoms with Gasteiger partial charge in [0.1, 0.15) is 0 Å². The maximum absolute atomic E-state index is 3.67. The highest BCUT2D eigenvalue weighted by molar-refractivity contribution is 5.02. The van der Waals surface area contributed by atoms with Gasteiger partial charge in [0.2, 0.25) is 0 Å². The molecule has 0 bridgehead atoms. The van der Waals surface area contributed by atoms with Crippen molar-refractivity contribution < 1.29 is 0 Å². The molecule has 2 atom stereocenters. The lowest BCUT2D eigenvalue weighted by atomic mass is 9.93. The van der Waals surface area contributed by atoms with Gasteiger partial charge in [-0.3, -0.25) is 0 Å². The van der Waals surface area contributed by atoms with Crippen LogP contribution in [0.4, 0.5) is 0 Å². The summed E-state index contributed by atoms with van der Waals surface area (Å²) in [6, 6.07) is 0.690. The summed E-state index contributed by atoms with van der Waals surface area (Å²) in [5.74, 6) is 0.642. The van der Waals surface area contributed by atoms with E-state index in [-0.39, 0.29) is 0 Å². The van der Waals surface area contributed by atoms with Gasteiger partial charge in [0.05, 0.1) is 0 Å². The molecule has 0 spiro atoms. The van der Waals surface area contributed by atoms with Crippen LogP contribution >= 0.6 is 0 Å². The van der Waals surface area contributed by atoms with Crippen molar-refractivity contribution in [1.82, 2.24) is 5.32 Å². The molecule has 1 rings (SSSR count). The zero-order valence-corrected chi connectivity index (χ0v) is 7.92. The van der Waals surface area contributed by atoms with Gasteiger partial charge in [-0.2, -0.15) is 0 Å². The molecule has 0 aromatic rings. The van der Waals surface area contributed by atoms with E-state index in [9.17, 15) is 0 Å². The summed E-state index contributed by atoms with van der Waals surface area (Å²) in [7, 11) is 0. The summed E-state index contributed by atoms with van der Waals surface area (Å²) < 4.78 is 0. The Morgan fingerprint density at radius 2 is 2.33 bits per heavy atom. The maximum atomic E-state index is 3.67. The molecule has 12 heavy (non-hydrogen) atoms. The number of rotatable bonds is 3. The molecule has 1 aliphatic rings. The molecule has 0 aromatic heterocycles. The molecule has 1 heteroatoms. The molecule has 68 valence electrons. The van der Waals surface area contributed by atoms with Crippen LogP contribution in [0.25, 0.3) is 0 Å². The number of allylic oxidation sites excluding steroid dienone is 2. The van der Waals surface area contributed by atoms with E-state index in [0.717, 1.165) is 0 Å². The quantitative estimate of drug-likeness (QED) is 0.634. The average molecular weight is 165 g/mol. The smallest absolute Gasteiger partial charge is 0.0127 e. The number of hydrogen-bond donors (Lipinski definition) is 1. The first-order valence-corrected chi connectivity index (χ1v) is 4.87. The van der Waals surface area contributed by atoms with Crippen molar-refractivity contribution in [3.63, 3.8) is 0 Å². The summed E-state index contributed by atoms with van der Waals surface area (Å²) in [6.45, 7) is 7.13. The minimum Gasteiger partial charge on any atom is -0.313 e. The monoisotopic (exact) mass is 165 g/mol. The third-order valence-electron chi connectivity index (χ3n) is 2.53. The molecule has 2 unspecified atom stereocenters. The Balaban J connectivity index is 2.33. The summed E-state index contributed by atoms with van der Waals surface area (Å²) in [5.41, 5.74) is 0. The Morgan fingerprint density at radius 1 is 1.50 bits per heavy atom. The summed E-state index contributed by atoms with van der Waals surface area (Å²) >= 11 is 0. The summed E-state index contributed by atoms with van der Waals surface area (Å²) in [4.78, 5) is 0. The van der Waals surface area contributed by atoms with Gasteiger partial charge in [-0.15, -0.1) is 0 Å². The van der Waals surface area contributed by atoms with Crippen molar-refractivity contribution in [2.75, 3.05) is 6.54 Å². The molecule has 0 aromatic carbocycles. The van der Waals surface area contributed by atoms with Crippen LogP contribution < -0.4 is 5.32 Å². The largest absolute Gasteiger partial charge is 0.313 e. The van der Waals surface area contributed by atoms with Gasteiger partial charge in [0.15, 0.2) is 0 Å². The molecular weight excluding hydrogens is 146 g/mol. The Bertz CT molecular complexity index is 154. The molecular formula is C11H19N. The van der Waals surface area contributed by atoms with Crippen LogP contribution in [0.15, 0.2) is 24.8 Å². The summed E-state index contributed by atoms with van der Waals surface area (Å²) in [6.07, 6.45) is 10.2. The van der Waals surface area contributed by atoms with Crippen LogP contribution in [-0.4, -0.2) is 12.6 Å². The third kappa shape index (κ3) is 2.82. The Hall–Kier alpha value is -0.560. The fourth-order valence-electron chi connectivity index (χ4n) is 1.72. The predicted octanol–water partition coefficient (Wildman–Crippen LogP) is 2.51. The molecule has 1 heterocycles. The van der Waals surface area contributed by atoms with Crippen molar-refractivity contribution in [2.45, 2.75) is 32.2 Å². The molecule has 1 nitrogen and oxygen atoms in total. The van der Waals surface area contributed by atoms with Crippen molar-refractivity contribution in [3.05, 3.63) is 24.8 Å². The van der Waals surface area contributed by atoms with Gasteiger partial charge < -0.3 is 5.32 Å². The Labute approximate surface area is 75.6 Å². The normalized spacial score (nSPS) is 27.2. The van der Waals surface area contributed by atoms with Crippen LogP contribution in [-0.2, 0) is 0 Å². The van der Waals surface area contributed by atoms with Crippen molar-refractivity contribution in [2.24, 2.45) is 5.92 Å². The first-order chi connectivity index (χ1) is 5.84. The molecule has 0 amide bonds. The topological polar surface area (TPSA) is 12.0 Å². The lowest BCUT2D eigenvalue weighted by molar-refractivity contribution is 0.346. The molecule has 1 fully saturated rings. The minimum atomic E-state index is 0.642. The van der Waals surface area contributed by atoms with Gasteiger partial charge in [0, 0.05) is 6.04 Å². The highest BCUT2D eigenvalue weighted by Gasteiger charge is 2.16. The third-order valence-corrected chi connectivity index (χ3v) is 2.53. The number of piperidine rings is 1. The fraction of sp³-hybridized carbons (Fsp3) is 0.636. The molecule has 1 N–H and O–H groups in total. The zero-order chi connectivity index (χ0) is 8.81. The molecule has 1 saturated heterocycles. The van der Waals surface area contributed by atoms with E-state index >= 15 is 0 Å². The van der Waals surface area contributed by atoms with Crippen molar-refractivity contribution in [1.29, 1.82) is 0 Å². The lowest BCUT2D eigenvalue weighted by Gasteiger charge is -2.27. The molecule has 0 saturated carbocycles. The van der Waals surface area contributed by atoms with E-state index in [0.29, 0.717) is 12.0 Å². The molecule has 0 aliphatic carbocycles. The number of hydrogen-bond acceptors (Lipinski definition) is 1. The Kier molecular flexibility index (Phi) is 4.09. The second-order valence-electron chi connectivity index (χ2n) is 3.54. The highest BCUT2D eigenvalue weighted by atomic mass is 14.9. The van der Waals surface area contributed by atoms with Gasteiger partial charge in [0.25, 0.3) is 0 Å². The van der Waals surface area contributed by atoms with Crippen LogP contribution in [0.2, 0.25) is 0 Å². The van der Waals surface area contributed by atoms with Crippen molar-refractivity contribution >= 4 is 0 Å². The maximum Gasteiger partial charge on any atom is 0.0127 e. The molecule has 0 radical (unpaired) electrons. The molecule has 1 aliphatic heterocycles. The first-order valence-electron chi connectivity index (χ1n) is 4.87. The van der Waals surface area contributed by atoms with E-state index in [2.05, 4.69) is 24.9 Å². The lowest BCUT2D eigenvalue weighted by Crippen LogP contribution is -2.38. The van der Waals surface area contributed by atoms with E-state index in [1.807, 2.05) is 12.2 Å².